The Labute approximate surface area is 150 Å². The van der Waals surface area contributed by atoms with Gasteiger partial charge in [-0.2, -0.15) is 5.10 Å². The minimum atomic E-state index is -0.195. The van der Waals surface area contributed by atoms with Gasteiger partial charge in [0.1, 0.15) is 0 Å². The molecule has 3 heterocycles. The molecule has 3 rings (SSSR count). The van der Waals surface area contributed by atoms with Crippen LogP contribution >= 0.6 is 11.6 Å². The molecule has 0 aliphatic heterocycles. The Morgan fingerprint density at radius 3 is 2.76 bits per heavy atom. The third-order valence-electron chi connectivity index (χ3n) is 3.89. The zero-order valence-corrected chi connectivity index (χ0v) is 14.7. The summed E-state index contributed by atoms with van der Waals surface area (Å²) < 4.78 is 1.74. The highest BCUT2D eigenvalue weighted by atomic mass is 35.5. The molecule has 0 aromatic carbocycles. The molecule has 0 aliphatic carbocycles. The van der Waals surface area contributed by atoms with Gasteiger partial charge in [0.2, 0.25) is 5.95 Å². The van der Waals surface area contributed by atoms with E-state index in [1.807, 2.05) is 26.0 Å². The normalized spacial score (nSPS) is 13.4. The van der Waals surface area contributed by atoms with Gasteiger partial charge >= 0.3 is 0 Å². The van der Waals surface area contributed by atoms with Gasteiger partial charge in [0.25, 0.3) is 5.56 Å². The lowest BCUT2D eigenvalue weighted by molar-refractivity contribution is 0.533. The van der Waals surface area contributed by atoms with E-state index in [1.54, 1.807) is 29.5 Å². The molecule has 7 nitrogen and oxygen atoms in total. The summed E-state index contributed by atoms with van der Waals surface area (Å²) in [4.78, 5) is 23.3. The summed E-state index contributed by atoms with van der Waals surface area (Å²) in [6.45, 7) is 4.58. The Hall–Kier alpha value is -2.67. The predicted octanol–water partition coefficient (Wildman–Crippen LogP) is 2.99. The molecule has 8 heteroatoms. The van der Waals surface area contributed by atoms with E-state index in [1.165, 1.54) is 6.07 Å². The Balaban J connectivity index is 1.77. The van der Waals surface area contributed by atoms with Gasteiger partial charge in [-0.1, -0.05) is 18.5 Å². The van der Waals surface area contributed by atoms with E-state index < -0.39 is 0 Å². The van der Waals surface area contributed by atoms with E-state index >= 15 is 0 Å². The van der Waals surface area contributed by atoms with Crippen molar-refractivity contribution < 1.29 is 0 Å². The molecule has 2 N–H and O–H groups in total. The Morgan fingerprint density at radius 2 is 2.08 bits per heavy atom. The van der Waals surface area contributed by atoms with Crippen LogP contribution in [-0.2, 0) is 6.54 Å². The first-order chi connectivity index (χ1) is 12.0. The molecule has 0 amide bonds. The topological polar surface area (TPSA) is 88.5 Å². The number of nitrogens with zero attached hydrogens (tertiary/aromatic N) is 4. The van der Waals surface area contributed by atoms with Crippen LogP contribution in [0.4, 0.5) is 5.95 Å². The van der Waals surface area contributed by atoms with Crippen molar-refractivity contribution in [3.8, 4) is 0 Å². The van der Waals surface area contributed by atoms with Crippen LogP contribution in [0.1, 0.15) is 37.1 Å². The quantitative estimate of drug-likeness (QED) is 0.707. The summed E-state index contributed by atoms with van der Waals surface area (Å²) >= 11 is 5.89. The van der Waals surface area contributed by atoms with Crippen molar-refractivity contribution in [2.24, 2.45) is 0 Å². The molecule has 0 radical (unpaired) electrons. The van der Waals surface area contributed by atoms with E-state index in [-0.39, 0.29) is 17.5 Å². The molecule has 0 bridgehead atoms. The first kappa shape index (κ1) is 17.2. The monoisotopic (exact) mass is 358 g/mol. The smallest absolute Gasteiger partial charge is 0.252 e. The fraction of sp³-hybridized carbons (Fsp3) is 0.294. The molecule has 0 saturated carbocycles. The van der Waals surface area contributed by atoms with Crippen molar-refractivity contribution in [3.05, 3.63) is 69.6 Å². The third kappa shape index (κ3) is 4.45. The minimum Gasteiger partial charge on any atom is -0.349 e. The van der Waals surface area contributed by atoms with Crippen molar-refractivity contribution in [2.45, 2.75) is 32.4 Å². The molecule has 0 fully saturated rings. The molecule has 2 atom stereocenters. The number of hydrogen-bond donors (Lipinski definition) is 2. The lowest BCUT2D eigenvalue weighted by atomic mass is 10.1. The highest BCUT2D eigenvalue weighted by molar-refractivity contribution is 6.30. The predicted molar refractivity (Wildman–Crippen MR) is 96.8 cm³/mol. The number of pyridine rings is 1. The van der Waals surface area contributed by atoms with Crippen LogP contribution in [0, 0.1) is 0 Å². The summed E-state index contributed by atoms with van der Waals surface area (Å²) in [6, 6.07) is 5.34. The second-order valence-corrected chi connectivity index (χ2v) is 6.38. The fourth-order valence-corrected chi connectivity index (χ4v) is 2.71. The molecular weight excluding hydrogens is 340 g/mol. The molecule has 0 saturated heterocycles. The van der Waals surface area contributed by atoms with Crippen LogP contribution in [0.25, 0.3) is 0 Å². The Morgan fingerprint density at radius 1 is 1.32 bits per heavy atom. The van der Waals surface area contributed by atoms with Crippen LogP contribution in [0.15, 0.2) is 47.8 Å². The van der Waals surface area contributed by atoms with Gasteiger partial charge in [0.05, 0.1) is 23.0 Å². The lowest BCUT2D eigenvalue weighted by Gasteiger charge is -2.16. The van der Waals surface area contributed by atoms with Gasteiger partial charge in [-0.15, -0.1) is 0 Å². The van der Waals surface area contributed by atoms with Crippen molar-refractivity contribution in [2.75, 3.05) is 5.32 Å². The van der Waals surface area contributed by atoms with Crippen molar-refractivity contribution in [1.82, 2.24) is 24.7 Å². The zero-order valence-electron chi connectivity index (χ0n) is 14.0. The van der Waals surface area contributed by atoms with Crippen LogP contribution < -0.4 is 10.9 Å². The molecule has 0 aliphatic rings. The van der Waals surface area contributed by atoms with Crippen molar-refractivity contribution in [1.29, 1.82) is 0 Å². The molecule has 3 aromatic rings. The largest absolute Gasteiger partial charge is 0.349 e. The summed E-state index contributed by atoms with van der Waals surface area (Å²) in [5.41, 5.74) is 1.56. The average molecular weight is 359 g/mol. The van der Waals surface area contributed by atoms with Gasteiger partial charge in [-0.3, -0.25) is 19.4 Å². The van der Waals surface area contributed by atoms with Crippen LogP contribution in [-0.4, -0.2) is 24.7 Å². The maximum Gasteiger partial charge on any atom is 0.252 e. The SMILES string of the molecule is CC(Cn1cc(Cl)cn1)c1cc(=O)[nH]c(NC(C)c2ccncc2)n1. The number of anilines is 1. The number of H-pyrrole nitrogens is 1. The van der Waals surface area contributed by atoms with Crippen LogP contribution in [0.2, 0.25) is 5.02 Å². The van der Waals surface area contributed by atoms with Gasteiger partial charge < -0.3 is 5.32 Å². The maximum absolute atomic E-state index is 12.0. The van der Waals surface area contributed by atoms with Gasteiger partial charge in [-0.25, -0.2) is 4.98 Å². The molecule has 0 spiro atoms. The van der Waals surface area contributed by atoms with Gasteiger partial charge in [0, 0.05) is 37.1 Å². The first-order valence-electron chi connectivity index (χ1n) is 7.97. The Bertz CT molecular complexity index is 891. The highest BCUT2D eigenvalue weighted by Crippen LogP contribution is 2.18. The second kappa shape index (κ2) is 7.48. The van der Waals surface area contributed by atoms with Crippen molar-refractivity contribution >= 4 is 17.5 Å². The Kier molecular flexibility index (Phi) is 5.14. The third-order valence-corrected chi connectivity index (χ3v) is 4.08. The molecule has 25 heavy (non-hydrogen) atoms. The fourth-order valence-electron chi connectivity index (χ4n) is 2.55. The van der Waals surface area contributed by atoms with Gasteiger partial charge in [0.15, 0.2) is 0 Å². The maximum atomic E-state index is 12.0. The van der Waals surface area contributed by atoms with E-state index in [0.29, 0.717) is 23.2 Å². The number of aromatic nitrogens is 5. The number of halogens is 1. The number of hydrogen-bond acceptors (Lipinski definition) is 5. The average Bonchev–Trinajstić information content (AvgIpc) is 3.00. The lowest BCUT2D eigenvalue weighted by Crippen LogP contribution is -2.18. The summed E-state index contributed by atoms with van der Waals surface area (Å²) in [7, 11) is 0. The van der Waals surface area contributed by atoms with Crippen LogP contribution in [0.5, 0.6) is 0 Å². The molecule has 130 valence electrons. The minimum absolute atomic E-state index is 0.00930. The summed E-state index contributed by atoms with van der Waals surface area (Å²) in [5, 5.41) is 7.97. The standard InChI is InChI=1S/C17H19ClN6O/c1-11(9-24-10-14(18)8-20-24)15-7-16(25)23-17(22-15)21-12(2)13-3-5-19-6-4-13/h3-8,10-12H,9H2,1-2H3,(H2,21,22,23,25). The van der Waals surface area contributed by atoms with E-state index in [9.17, 15) is 4.79 Å². The molecule has 3 aromatic heterocycles. The number of rotatable bonds is 6. The highest BCUT2D eigenvalue weighted by Gasteiger charge is 2.13. The summed E-state index contributed by atoms with van der Waals surface area (Å²) in [6.07, 6.45) is 6.80. The first-order valence-corrected chi connectivity index (χ1v) is 8.34. The van der Waals surface area contributed by atoms with Crippen molar-refractivity contribution in [3.63, 3.8) is 0 Å². The molecule has 2 unspecified atom stereocenters. The molecular formula is C17H19ClN6O. The summed E-state index contributed by atoms with van der Waals surface area (Å²) in [5.74, 6) is 0.451. The number of aromatic amines is 1. The van der Waals surface area contributed by atoms with E-state index in [4.69, 9.17) is 11.6 Å². The van der Waals surface area contributed by atoms with E-state index in [0.717, 1.165) is 5.56 Å². The van der Waals surface area contributed by atoms with Gasteiger partial charge in [-0.05, 0) is 24.6 Å². The van der Waals surface area contributed by atoms with Crippen LogP contribution in [0.3, 0.4) is 0 Å². The zero-order chi connectivity index (χ0) is 17.8. The van der Waals surface area contributed by atoms with E-state index in [2.05, 4.69) is 25.4 Å². The number of nitrogens with one attached hydrogen (secondary N) is 2. The second-order valence-electron chi connectivity index (χ2n) is 5.95.